The van der Waals surface area contributed by atoms with Crippen LogP contribution in [-0.4, -0.2) is 0 Å². The number of nitrogens with zero attached hydrogens (tertiary/aromatic N) is 1. The van der Waals surface area contributed by atoms with Crippen LogP contribution in [0.4, 0.5) is 8.78 Å². The van der Waals surface area contributed by atoms with Gasteiger partial charge in [0.1, 0.15) is 0 Å². The molecule has 0 atom stereocenters. The number of halogens is 3. The van der Waals surface area contributed by atoms with E-state index in [2.05, 4.69) is 15.9 Å². The van der Waals surface area contributed by atoms with E-state index in [-0.39, 0.29) is 5.56 Å². The molecule has 1 nitrogen and oxygen atoms in total. The Balaban J connectivity index is 2.32. The molecule has 0 heterocycles. The summed E-state index contributed by atoms with van der Waals surface area (Å²) in [5.41, 5.74) is 2.21. The monoisotopic (exact) mass is 307 g/mol. The molecule has 0 spiro atoms. The zero-order valence-corrected chi connectivity index (χ0v) is 10.8. The fraction of sp³-hybridized carbons (Fsp3) is 0.0714. The lowest BCUT2D eigenvalue weighted by Crippen LogP contribution is -2.01. The summed E-state index contributed by atoms with van der Waals surface area (Å²) in [5.74, 6) is 0. The fourth-order valence-electron chi connectivity index (χ4n) is 1.59. The molecule has 2 aromatic carbocycles. The normalized spacial score (nSPS) is 11.0. The van der Waals surface area contributed by atoms with E-state index in [1.54, 1.807) is 36.4 Å². The topological polar surface area (TPSA) is 23.8 Å². The van der Waals surface area contributed by atoms with E-state index >= 15 is 0 Å². The maximum absolute atomic E-state index is 13.0. The van der Waals surface area contributed by atoms with Crippen LogP contribution in [-0.2, 0) is 4.83 Å². The van der Waals surface area contributed by atoms with E-state index in [1.807, 2.05) is 6.07 Å². The lowest BCUT2D eigenvalue weighted by Gasteiger charge is -2.09. The molecule has 90 valence electrons. The van der Waals surface area contributed by atoms with E-state index in [1.165, 1.54) is 12.1 Å². The van der Waals surface area contributed by atoms with Crippen molar-refractivity contribution in [3.05, 3.63) is 59.7 Å². The smallest absolute Gasteiger partial charge is 0.192 e. The Kier molecular flexibility index (Phi) is 3.44. The molecule has 0 aliphatic heterocycles. The molecule has 0 amide bonds. The summed E-state index contributed by atoms with van der Waals surface area (Å²) in [6, 6.07) is 15.0. The van der Waals surface area contributed by atoms with Gasteiger partial charge in [-0.25, -0.2) is 0 Å². The number of benzene rings is 2. The van der Waals surface area contributed by atoms with Crippen LogP contribution in [0.1, 0.15) is 11.1 Å². The van der Waals surface area contributed by atoms with Crippen LogP contribution in [0.3, 0.4) is 0 Å². The number of rotatable bonds is 2. The van der Waals surface area contributed by atoms with Crippen LogP contribution in [0.25, 0.3) is 11.1 Å². The van der Waals surface area contributed by atoms with Gasteiger partial charge in [-0.15, -0.1) is 0 Å². The van der Waals surface area contributed by atoms with E-state index in [0.29, 0.717) is 5.56 Å². The van der Waals surface area contributed by atoms with Gasteiger partial charge in [0.15, 0.2) is 0 Å². The molecule has 0 fully saturated rings. The van der Waals surface area contributed by atoms with Gasteiger partial charge >= 0.3 is 4.83 Å². The molecule has 0 N–H and O–H groups in total. The van der Waals surface area contributed by atoms with E-state index in [0.717, 1.165) is 11.1 Å². The van der Waals surface area contributed by atoms with Crippen LogP contribution in [0, 0.1) is 11.3 Å². The van der Waals surface area contributed by atoms with Gasteiger partial charge in [0.05, 0.1) is 11.6 Å². The van der Waals surface area contributed by atoms with Gasteiger partial charge in [-0.3, -0.25) is 0 Å². The Morgan fingerprint density at radius 2 is 1.33 bits per heavy atom. The van der Waals surface area contributed by atoms with E-state index < -0.39 is 4.83 Å². The first kappa shape index (κ1) is 12.7. The second kappa shape index (κ2) is 4.87. The minimum absolute atomic E-state index is 0.0834. The predicted octanol–water partition coefficient (Wildman–Crippen LogP) is 4.67. The number of hydrogen-bond acceptors (Lipinski definition) is 1. The summed E-state index contributed by atoms with van der Waals surface area (Å²) in [6.07, 6.45) is 0. The molecule has 0 aliphatic rings. The zero-order valence-electron chi connectivity index (χ0n) is 9.20. The predicted molar refractivity (Wildman–Crippen MR) is 69.4 cm³/mol. The summed E-state index contributed by atoms with van der Waals surface area (Å²) in [4.78, 5) is -3.00. The van der Waals surface area contributed by atoms with Crippen LogP contribution >= 0.6 is 15.9 Å². The van der Waals surface area contributed by atoms with Crippen molar-refractivity contribution in [3.8, 4) is 17.2 Å². The van der Waals surface area contributed by atoms with Crippen LogP contribution in [0.2, 0.25) is 0 Å². The highest BCUT2D eigenvalue weighted by atomic mass is 79.9. The van der Waals surface area contributed by atoms with Crippen LogP contribution < -0.4 is 0 Å². The summed E-state index contributed by atoms with van der Waals surface area (Å²) < 4.78 is 25.9. The van der Waals surface area contributed by atoms with Crippen LogP contribution in [0.5, 0.6) is 0 Å². The lowest BCUT2D eigenvalue weighted by atomic mass is 10.0. The largest absolute Gasteiger partial charge is 0.326 e. The van der Waals surface area contributed by atoms with Gasteiger partial charge < -0.3 is 0 Å². The molecule has 0 aromatic heterocycles. The third-order valence-electron chi connectivity index (χ3n) is 2.56. The maximum atomic E-state index is 13.0. The Morgan fingerprint density at radius 3 is 1.72 bits per heavy atom. The second-order valence-corrected chi connectivity index (χ2v) is 4.76. The third kappa shape index (κ3) is 2.74. The second-order valence-electron chi connectivity index (χ2n) is 3.76. The fourth-order valence-corrected chi connectivity index (χ4v) is 1.85. The van der Waals surface area contributed by atoms with Crippen molar-refractivity contribution in [2.45, 2.75) is 4.83 Å². The average molecular weight is 308 g/mol. The molecular weight excluding hydrogens is 300 g/mol. The molecule has 18 heavy (non-hydrogen) atoms. The highest BCUT2D eigenvalue weighted by Gasteiger charge is 2.26. The van der Waals surface area contributed by atoms with Crippen LogP contribution in [0.15, 0.2) is 48.5 Å². The molecule has 4 heteroatoms. The Labute approximate surface area is 112 Å². The Bertz CT molecular complexity index is 577. The van der Waals surface area contributed by atoms with Gasteiger partial charge in [0.2, 0.25) is 0 Å². The van der Waals surface area contributed by atoms with E-state index in [9.17, 15) is 8.78 Å². The first-order chi connectivity index (χ1) is 8.50. The maximum Gasteiger partial charge on any atom is 0.326 e. The van der Waals surface area contributed by atoms with Gasteiger partial charge in [-0.2, -0.15) is 14.0 Å². The number of nitriles is 1. The van der Waals surface area contributed by atoms with Gasteiger partial charge in [-0.05, 0) is 39.2 Å². The third-order valence-corrected chi connectivity index (χ3v) is 3.02. The minimum atomic E-state index is -3.00. The molecular formula is C14H8BrF2N. The van der Waals surface area contributed by atoms with Gasteiger partial charge in [-0.1, -0.05) is 36.4 Å². The molecule has 0 unspecified atom stereocenters. The first-order valence-corrected chi connectivity index (χ1v) is 5.98. The zero-order chi connectivity index (χ0) is 13.2. The van der Waals surface area contributed by atoms with Crippen molar-refractivity contribution in [2.24, 2.45) is 0 Å². The molecule has 0 saturated carbocycles. The van der Waals surface area contributed by atoms with Gasteiger partial charge in [0.25, 0.3) is 0 Å². The molecule has 0 aliphatic carbocycles. The van der Waals surface area contributed by atoms with Crippen molar-refractivity contribution >= 4 is 15.9 Å². The summed E-state index contributed by atoms with van der Waals surface area (Å²) in [5, 5.41) is 8.69. The molecule has 0 saturated heterocycles. The molecule has 2 rings (SSSR count). The Hall–Kier alpha value is -1.73. The average Bonchev–Trinajstić information content (AvgIpc) is 2.38. The summed E-state index contributed by atoms with van der Waals surface area (Å²) >= 11 is 2.32. The van der Waals surface area contributed by atoms with Crippen molar-refractivity contribution in [1.29, 1.82) is 5.26 Å². The van der Waals surface area contributed by atoms with Crippen molar-refractivity contribution in [1.82, 2.24) is 0 Å². The molecule has 0 bridgehead atoms. The highest BCUT2D eigenvalue weighted by molar-refractivity contribution is 9.09. The highest BCUT2D eigenvalue weighted by Crippen LogP contribution is 2.35. The van der Waals surface area contributed by atoms with Gasteiger partial charge in [0, 0.05) is 5.56 Å². The standard InChI is InChI=1S/C14H8BrF2N/c15-14(16,17)13-7-5-12(6-8-13)11-3-1-10(9-18)2-4-11/h1-8H. The first-order valence-electron chi connectivity index (χ1n) is 5.18. The van der Waals surface area contributed by atoms with E-state index in [4.69, 9.17) is 5.26 Å². The summed E-state index contributed by atoms with van der Waals surface area (Å²) in [6.45, 7) is 0. The lowest BCUT2D eigenvalue weighted by molar-refractivity contribution is 0.114. The Morgan fingerprint density at radius 1 is 0.889 bits per heavy atom. The SMILES string of the molecule is N#Cc1ccc(-c2ccc(C(F)(F)Br)cc2)cc1. The number of hydrogen-bond donors (Lipinski definition) is 0. The molecule has 2 aromatic rings. The van der Waals surface area contributed by atoms with Crippen molar-refractivity contribution in [3.63, 3.8) is 0 Å². The van der Waals surface area contributed by atoms with Crippen molar-refractivity contribution in [2.75, 3.05) is 0 Å². The number of alkyl halides is 3. The minimum Gasteiger partial charge on any atom is -0.192 e. The quantitative estimate of drug-likeness (QED) is 0.740. The molecule has 0 radical (unpaired) electrons. The summed E-state index contributed by atoms with van der Waals surface area (Å²) in [7, 11) is 0. The van der Waals surface area contributed by atoms with Crippen molar-refractivity contribution < 1.29 is 8.78 Å².